The lowest BCUT2D eigenvalue weighted by molar-refractivity contribution is 0.291. The number of aryl methyl sites for hydroxylation is 1. The molecule has 3 nitrogen and oxygen atoms in total. The molecule has 5 heteroatoms. The van der Waals surface area contributed by atoms with Gasteiger partial charge in [0.15, 0.2) is 16.7 Å². The van der Waals surface area contributed by atoms with Gasteiger partial charge in [0.2, 0.25) is 0 Å². The van der Waals surface area contributed by atoms with Crippen LogP contribution >= 0.6 is 11.3 Å². The maximum absolute atomic E-state index is 14.0. The summed E-state index contributed by atoms with van der Waals surface area (Å²) in [7, 11) is 0. The molecule has 0 atom stereocenters. The fraction of sp³-hybridized carbons (Fsp3) is 0.438. The van der Waals surface area contributed by atoms with Crippen LogP contribution in [0, 0.1) is 5.82 Å². The standard InChI is InChI=1S/C16H21FN2OS/c1-3-5-6-9-20-15-8-7-13(10-14(15)17)19-16-18-12(4-2)11-21-16/h7-8,10-11H,3-6,9H2,1-2H3,(H,18,19). The van der Waals surface area contributed by atoms with Crippen molar-refractivity contribution in [1.29, 1.82) is 0 Å². The monoisotopic (exact) mass is 308 g/mol. The van der Waals surface area contributed by atoms with E-state index in [9.17, 15) is 4.39 Å². The van der Waals surface area contributed by atoms with Crippen LogP contribution in [0.1, 0.15) is 38.8 Å². The van der Waals surface area contributed by atoms with Crippen LogP contribution in [-0.2, 0) is 6.42 Å². The van der Waals surface area contributed by atoms with Crippen LogP contribution < -0.4 is 10.1 Å². The van der Waals surface area contributed by atoms with Crippen molar-refractivity contribution in [2.24, 2.45) is 0 Å². The Bertz CT molecular complexity index is 571. The summed E-state index contributed by atoms with van der Waals surface area (Å²) in [4.78, 5) is 4.40. The summed E-state index contributed by atoms with van der Waals surface area (Å²) in [6.45, 7) is 4.75. The molecular weight excluding hydrogens is 287 g/mol. The van der Waals surface area contributed by atoms with Crippen LogP contribution in [-0.4, -0.2) is 11.6 Å². The van der Waals surface area contributed by atoms with Crippen LogP contribution in [0.2, 0.25) is 0 Å². The molecule has 0 saturated carbocycles. The second kappa shape index (κ2) is 7.98. The van der Waals surface area contributed by atoms with Gasteiger partial charge in [0.1, 0.15) is 0 Å². The minimum Gasteiger partial charge on any atom is -0.491 e. The van der Waals surface area contributed by atoms with Gasteiger partial charge in [-0.1, -0.05) is 26.7 Å². The van der Waals surface area contributed by atoms with E-state index in [-0.39, 0.29) is 5.82 Å². The van der Waals surface area contributed by atoms with E-state index in [1.54, 1.807) is 6.07 Å². The first-order valence-electron chi connectivity index (χ1n) is 7.36. The average Bonchev–Trinajstić information content (AvgIpc) is 2.93. The third-order valence-electron chi connectivity index (χ3n) is 3.10. The van der Waals surface area contributed by atoms with E-state index in [0.717, 1.165) is 36.5 Å². The van der Waals surface area contributed by atoms with Crippen molar-refractivity contribution >= 4 is 22.2 Å². The van der Waals surface area contributed by atoms with Gasteiger partial charge in [-0.2, -0.15) is 0 Å². The number of thiazole rings is 1. The smallest absolute Gasteiger partial charge is 0.187 e. The fourth-order valence-corrected chi connectivity index (χ4v) is 2.69. The van der Waals surface area contributed by atoms with Crippen molar-refractivity contribution in [3.8, 4) is 5.75 Å². The third kappa shape index (κ3) is 4.70. The third-order valence-corrected chi connectivity index (χ3v) is 3.91. The molecule has 1 aromatic heterocycles. The number of aromatic nitrogens is 1. The Morgan fingerprint density at radius 2 is 2.14 bits per heavy atom. The van der Waals surface area contributed by atoms with Gasteiger partial charge < -0.3 is 10.1 Å². The number of nitrogens with zero attached hydrogens (tertiary/aromatic N) is 1. The number of nitrogens with one attached hydrogen (secondary N) is 1. The number of benzene rings is 1. The molecule has 114 valence electrons. The van der Waals surface area contributed by atoms with Gasteiger partial charge in [0.25, 0.3) is 0 Å². The summed E-state index contributed by atoms with van der Waals surface area (Å²) >= 11 is 1.52. The van der Waals surface area contributed by atoms with Gasteiger partial charge in [0.05, 0.1) is 12.3 Å². The predicted molar refractivity (Wildman–Crippen MR) is 86.2 cm³/mol. The lowest BCUT2D eigenvalue weighted by atomic mass is 10.2. The van der Waals surface area contributed by atoms with Crippen LogP contribution in [0.4, 0.5) is 15.2 Å². The molecule has 0 aliphatic heterocycles. The Balaban J connectivity index is 1.94. The van der Waals surface area contributed by atoms with Gasteiger partial charge in [-0.15, -0.1) is 11.3 Å². The number of rotatable bonds is 8. The van der Waals surface area contributed by atoms with Crippen molar-refractivity contribution in [2.45, 2.75) is 39.5 Å². The predicted octanol–water partition coefficient (Wildman–Crippen LogP) is 5.16. The molecule has 1 aromatic carbocycles. The molecule has 0 aliphatic rings. The van der Waals surface area contributed by atoms with E-state index < -0.39 is 0 Å². The number of hydrogen-bond donors (Lipinski definition) is 1. The SMILES string of the molecule is CCCCCOc1ccc(Nc2nc(CC)cs2)cc1F. The van der Waals surface area contributed by atoms with Gasteiger partial charge in [-0.05, 0) is 25.0 Å². The average molecular weight is 308 g/mol. The topological polar surface area (TPSA) is 34.1 Å². The first-order chi connectivity index (χ1) is 10.2. The van der Waals surface area contributed by atoms with Crippen LogP contribution in [0.25, 0.3) is 0 Å². The lowest BCUT2D eigenvalue weighted by Crippen LogP contribution is -2.00. The highest BCUT2D eigenvalue weighted by Crippen LogP contribution is 2.25. The summed E-state index contributed by atoms with van der Waals surface area (Å²) in [6, 6.07) is 4.92. The molecule has 0 amide bonds. The molecule has 2 rings (SSSR count). The summed E-state index contributed by atoms with van der Waals surface area (Å²) in [5.41, 5.74) is 1.73. The van der Waals surface area contributed by atoms with Crippen LogP contribution in [0.3, 0.4) is 0 Å². The Morgan fingerprint density at radius 3 is 2.81 bits per heavy atom. The highest BCUT2D eigenvalue weighted by atomic mass is 32.1. The maximum Gasteiger partial charge on any atom is 0.187 e. The minimum absolute atomic E-state index is 0.310. The first kappa shape index (κ1) is 15.8. The number of ether oxygens (including phenoxy) is 1. The number of anilines is 2. The summed E-state index contributed by atoms with van der Waals surface area (Å²) < 4.78 is 19.4. The minimum atomic E-state index is -0.344. The molecule has 0 unspecified atom stereocenters. The molecule has 1 N–H and O–H groups in total. The number of unbranched alkanes of at least 4 members (excludes halogenated alkanes) is 2. The van der Waals surface area contributed by atoms with Gasteiger partial charge in [-0.25, -0.2) is 9.37 Å². The summed E-state index contributed by atoms with van der Waals surface area (Å²) in [5.74, 6) is -0.0335. The van der Waals surface area contributed by atoms with E-state index in [0.29, 0.717) is 18.0 Å². The van der Waals surface area contributed by atoms with Crippen LogP contribution in [0.15, 0.2) is 23.6 Å². The molecule has 21 heavy (non-hydrogen) atoms. The van der Waals surface area contributed by atoms with Crippen LogP contribution in [0.5, 0.6) is 5.75 Å². The van der Waals surface area contributed by atoms with Crippen molar-refractivity contribution in [2.75, 3.05) is 11.9 Å². The van der Waals surface area contributed by atoms with E-state index in [2.05, 4.69) is 24.1 Å². The largest absolute Gasteiger partial charge is 0.491 e. The molecule has 0 aliphatic carbocycles. The van der Waals surface area contributed by atoms with E-state index >= 15 is 0 Å². The van der Waals surface area contributed by atoms with E-state index in [1.807, 2.05) is 11.4 Å². The second-order valence-electron chi connectivity index (χ2n) is 4.82. The zero-order valence-corrected chi connectivity index (χ0v) is 13.3. The molecule has 0 fully saturated rings. The van der Waals surface area contributed by atoms with E-state index in [1.165, 1.54) is 17.4 Å². The highest BCUT2D eigenvalue weighted by Gasteiger charge is 2.06. The zero-order valence-electron chi connectivity index (χ0n) is 12.5. The lowest BCUT2D eigenvalue weighted by Gasteiger charge is -2.09. The Hall–Kier alpha value is -1.62. The molecule has 0 radical (unpaired) electrons. The molecule has 1 heterocycles. The maximum atomic E-state index is 14.0. The van der Waals surface area contributed by atoms with Gasteiger partial charge in [-0.3, -0.25) is 0 Å². The van der Waals surface area contributed by atoms with Crippen molar-refractivity contribution in [3.63, 3.8) is 0 Å². The second-order valence-corrected chi connectivity index (χ2v) is 5.68. The quantitative estimate of drug-likeness (QED) is 0.684. The first-order valence-corrected chi connectivity index (χ1v) is 8.24. The molecule has 0 saturated heterocycles. The summed E-state index contributed by atoms with van der Waals surface area (Å²) in [6.07, 6.45) is 4.08. The highest BCUT2D eigenvalue weighted by molar-refractivity contribution is 7.13. The van der Waals surface area contributed by atoms with Gasteiger partial charge in [0, 0.05) is 17.1 Å². The molecular formula is C16H21FN2OS. The van der Waals surface area contributed by atoms with Gasteiger partial charge >= 0.3 is 0 Å². The zero-order chi connectivity index (χ0) is 15.1. The fourth-order valence-electron chi connectivity index (χ4n) is 1.88. The Morgan fingerprint density at radius 1 is 1.29 bits per heavy atom. The molecule has 0 spiro atoms. The molecule has 2 aromatic rings. The van der Waals surface area contributed by atoms with E-state index in [4.69, 9.17) is 4.74 Å². The Labute approximate surface area is 129 Å². The Kier molecular flexibility index (Phi) is 5.99. The number of halogens is 1. The number of hydrogen-bond acceptors (Lipinski definition) is 4. The normalized spacial score (nSPS) is 10.6. The van der Waals surface area contributed by atoms with Crippen molar-refractivity contribution in [3.05, 3.63) is 35.1 Å². The summed E-state index contributed by atoms with van der Waals surface area (Å²) in [5, 5.41) is 5.90. The van der Waals surface area contributed by atoms with Crippen molar-refractivity contribution in [1.82, 2.24) is 4.98 Å². The molecule has 0 bridgehead atoms. The van der Waals surface area contributed by atoms with Crippen molar-refractivity contribution < 1.29 is 9.13 Å².